The molecule has 16 heavy (non-hydrogen) atoms. The van der Waals surface area contributed by atoms with Crippen LogP contribution in [0.25, 0.3) is 0 Å². The molecule has 1 spiro atoms. The van der Waals surface area contributed by atoms with Gasteiger partial charge in [0, 0.05) is 25.7 Å². The van der Waals surface area contributed by atoms with Crippen LogP contribution in [0.15, 0.2) is 0 Å². The van der Waals surface area contributed by atoms with Crippen molar-refractivity contribution >= 4 is 0 Å². The van der Waals surface area contributed by atoms with Crippen molar-refractivity contribution < 1.29 is 5.11 Å². The number of nitrogens with zero attached hydrogens (tertiary/aromatic N) is 1. The first-order valence-electron chi connectivity index (χ1n) is 7.18. The summed E-state index contributed by atoms with van der Waals surface area (Å²) in [5, 5.41) is 9.46. The van der Waals surface area contributed by atoms with E-state index in [1.807, 2.05) is 0 Å². The van der Waals surface area contributed by atoms with E-state index in [0.717, 1.165) is 5.41 Å². The highest BCUT2D eigenvalue weighted by Gasteiger charge is 2.48. The number of hydrogen-bond donors (Lipinski definition) is 1. The average molecular weight is 223 g/mol. The topological polar surface area (TPSA) is 23.5 Å². The first-order valence-corrected chi connectivity index (χ1v) is 7.18. The quantitative estimate of drug-likeness (QED) is 0.777. The highest BCUT2D eigenvalue weighted by molar-refractivity contribution is 5.01. The molecule has 3 aliphatic rings. The van der Waals surface area contributed by atoms with Crippen LogP contribution in [0.2, 0.25) is 0 Å². The van der Waals surface area contributed by atoms with Crippen LogP contribution in [0.5, 0.6) is 0 Å². The van der Waals surface area contributed by atoms with E-state index in [4.69, 9.17) is 0 Å². The van der Waals surface area contributed by atoms with Gasteiger partial charge in [0.1, 0.15) is 0 Å². The SMILES string of the molecule is OCC1CCCCC1N1CC2(CCCC2)C1. The van der Waals surface area contributed by atoms with E-state index in [1.165, 1.54) is 64.5 Å². The fraction of sp³-hybridized carbons (Fsp3) is 1.00. The first-order chi connectivity index (χ1) is 7.83. The van der Waals surface area contributed by atoms with Crippen molar-refractivity contribution in [3.8, 4) is 0 Å². The van der Waals surface area contributed by atoms with Crippen molar-refractivity contribution in [2.75, 3.05) is 19.7 Å². The molecule has 2 saturated carbocycles. The second-order valence-corrected chi connectivity index (χ2v) is 6.41. The second-order valence-electron chi connectivity index (χ2n) is 6.41. The zero-order valence-corrected chi connectivity index (χ0v) is 10.3. The largest absolute Gasteiger partial charge is 0.396 e. The molecule has 2 atom stereocenters. The van der Waals surface area contributed by atoms with Crippen molar-refractivity contribution in [1.29, 1.82) is 0 Å². The summed E-state index contributed by atoms with van der Waals surface area (Å²) in [5.41, 5.74) is 0.720. The molecule has 1 N–H and O–H groups in total. The third-order valence-electron chi connectivity index (χ3n) is 5.31. The second kappa shape index (κ2) is 4.30. The van der Waals surface area contributed by atoms with Crippen LogP contribution in [0.4, 0.5) is 0 Å². The maximum Gasteiger partial charge on any atom is 0.0474 e. The molecule has 1 heterocycles. The van der Waals surface area contributed by atoms with Crippen LogP contribution >= 0.6 is 0 Å². The Morgan fingerprint density at radius 2 is 1.69 bits per heavy atom. The minimum absolute atomic E-state index is 0.411. The number of likely N-dealkylation sites (tertiary alicyclic amines) is 1. The maximum absolute atomic E-state index is 9.46. The van der Waals surface area contributed by atoms with Gasteiger partial charge in [-0.1, -0.05) is 25.7 Å². The third kappa shape index (κ3) is 1.80. The molecule has 0 radical (unpaired) electrons. The molecule has 0 aromatic heterocycles. The Hall–Kier alpha value is -0.0800. The molecule has 2 heteroatoms. The van der Waals surface area contributed by atoms with Gasteiger partial charge in [-0.3, -0.25) is 4.90 Å². The summed E-state index contributed by atoms with van der Waals surface area (Å²) in [6, 6.07) is 0.713. The summed E-state index contributed by atoms with van der Waals surface area (Å²) in [6.07, 6.45) is 11.2. The number of rotatable bonds is 2. The van der Waals surface area contributed by atoms with Crippen molar-refractivity contribution in [1.82, 2.24) is 4.90 Å². The van der Waals surface area contributed by atoms with Crippen LogP contribution in [-0.2, 0) is 0 Å². The van der Waals surface area contributed by atoms with Gasteiger partial charge in [-0.05, 0) is 37.0 Å². The molecule has 1 aliphatic heterocycles. The summed E-state index contributed by atoms with van der Waals surface area (Å²) < 4.78 is 0. The van der Waals surface area contributed by atoms with Gasteiger partial charge in [0.25, 0.3) is 0 Å². The van der Waals surface area contributed by atoms with Gasteiger partial charge in [-0.25, -0.2) is 0 Å². The summed E-state index contributed by atoms with van der Waals surface area (Å²) in [7, 11) is 0. The van der Waals surface area contributed by atoms with E-state index in [2.05, 4.69) is 4.90 Å². The van der Waals surface area contributed by atoms with Crippen LogP contribution in [0.1, 0.15) is 51.4 Å². The minimum Gasteiger partial charge on any atom is -0.396 e. The molecule has 2 aliphatic carbocycles. The lowest BCUT2D eigenvalue weighted by molar-refractivity contribution is -0.0629. The standard InChI is InChI=1S/C14H25NO/c16-9-12-5-1-2-6-13(12)15-10-14(11-15)7-3-4-8-14/h12-13,16H,1-11H2. The smallest absolute Gasteiger partial charge is 0.0474 e. The molecule has 92 valence electrons. The molecule has 0 aromatic carbocycles. The van der Waals surface area contributed by atoms with Gasteiger partial charge in [0.15, 0.2) is 0 Å². The van der Waals surface area contributed by atoms with Gasteiger partial charge in [-0.2, -0.15) is 0 Å². The lowest BCUT2D eigenvalue weighted by atomic mass is 9.74. The summed E-state index contributed by atoms with van der Waals surface area (Å²) in [5.74, 6) is 0.576. The average Bonchev–Trinajstić information content (AvgIpc) is 2.76. The van der Waals surface area contributed by atoms with E-state index in [-0.39, 0.29) is 0 Å². The van der Waals surface area contributed by atoms with Crippen LogP contribution in [-0.4, -0.2) is 35.7 Å². The van der Waals surface area contributed by atoms with Gasteiger partial charge in [-0.15, -0.1) is 0 Å². The molecule has 0 amide bonds. The van der Waals surface area contributed by atoms with Crippen LogP contribution in [0.3, 0.4) is 0 Å². The number of hydrogen-bond acceptors (Lipinski definition) is 2. The number of aliphatic hydroxyl groups is 1. The monoisotopic (exact) mass is 223 g/mol. The predicted octanol–water partition coefficient (Wildman–Crippen LogP) is 2.41. The molecular formula is C14H25NO. The van der Waals surface area contributed by atoms with Gasteiger partial charge >= 0.3 is 0 Å². The maximum atomic E-state index is 9.46. The Balaban J connectivity index is 1.57. The lowest BCUT2D eigenvalue weighted by Crippen LogP contribution is -2.61. The van der Waals surface area contributed by atoms with E-state index in [9.17, 15) is 5.11 Å². The Labute approximate surface area is 99.0 Å². The molecule has 3 fully saturated rings. The normalized spacial score (nSPS) is 38.8. The highest BCUT2D eigenvalue weighted by Crippen LogP contribution is 2.47. The molecular weight excluding hydrogens is 198 g/mol. The molecule has 2 unspecified atom stereocenters. The first kappa shape index (κ1) is 11.0. The summed E-state index contributed by atoms with van der Waals surface area (Å²) >= 11 is 0. The fourth-order valence-electron chi connectivity index (χ4n) is 4.37. The molecule has 2 nitrogen and oxygen atoms in total. The molecule has 1 saturated heterocycles. The molecule has 0 aromatic rings. The minimum atomic E-state index is 0.411. The van der Waals surface area contributed by atoms with Gasteiger partial charge in [0.2, 0.25) is 0 Å². The third-order valence-corrected chi connectivity index (χ3v) is 5.31. The van der Waals surface area contributed by atoms with E-state index < -0.39 is 0 Å². The molecule has 0 bridgehead atoms. The lowest BCUT2D eigenvalue weighted by Gasteiger charge is -2.54. The Morgan fingerprint density at radius 3 is 2.38 bits per heavy atom. The van der Waals surface area contributed by atoms with E-state index in [0.29, 0.717) is 18.6 Å². The van der Waals surface area contributed by atoms with Gasteiger partial charge in [0.05, 0.1) is 0 Å². The summed E-state index contributed by atoms with van der Waals surface area (Å²) in [4.78, 5) is 2.69. The van der Waals surface area contributed by atoms with E-state index in [1.54, 1.807) is 0 Å². The van der Waals surface area contributed by atoms with Gasteiger partial charge < -0.3 is 5.11 Å². The Morgan fingerprint density at radius 1 is 1.00 bits per heavy atom. The summed E-state index contributed by atoms with van der Waals surface area (Å²) in [6.45, 7) is 3.09. The Kier molecular flexibility index (Phi) is 2.97. The van der Waals surface area contributed by atoms with Crippen LogP contribution < -0.4 is 0 Å². The number of aliphatic hydroxyl groups excluding tert-OH is 1. The van der Waals surface area contributed by atoms with Crippen LogP contribution in [0, 0.1) is 11.3 Å². The highest BCUT2D eigenvalue weighted by atomic mass is 16.3. The molecule has 3 rings (SSSR count). The Bertz CT molecular complexity index is 239. The van der Waals surface area contributed by atoms with Crippen molar-refractivity contribution in [2.24, 2.45) is 11.3 Å². The van der Waals surface area contributed by atoms with Crippen molar-refractivity contribution in [3.63, 3.8) is 0 Å². The zero-order valence-electron chi connectivity index (χ0n) is 10.3. The fourth-order valence-corrected chi connectivity index (χ4v) is 4.37. The van der Waals surface area contributed by atoms with Crippen molar-refractivity contribution in [2.45, 2.75) is 57.4 Å². The van der Waals surface area contributed by atoms with E-state index >= 15 is 0 Å². The predicted molar refractivity (Wildman–Crippen MR) is 65.3 cm³/mol. The zero-order chi connectivity index (χ0) is 11.0. The van der Waals surface area contributed by atoms with Crippen molar-refractivity contribution in [3.05, 3.63) is 0 Å².